The summed E-state index contributed by atoms with van der Waals surface area (Å²) >= 11 is 17.6. The Balaban J connectivity index is 2.42. The van der Waals surface area contributed by atoms with E-state index in [9.17, 15) is 4.39 Å². The van der Waals surface area contributed by atoms with Gasteiger partial charge in [-0.15, -0.1) is 0 Å². The van der Waals surface area contributed by atoms with Gasteiger partial charge in [-0.3, -0.25) is 4.57 Å². The number of hydrogen-bond acceptors (Lipinski definition) is 1. The van der Waals surface area contributed by atoms with Gasteiger partial charge >= 0.3 is 0 Å². The van der Waals surface area contributed by atoms with Gasteiger partial charge in [-0.1, -0.05) is 29.3 Å². The van der Waals surface area contributed by atoms with Crippen molar-refractivity contribution in [2.75, 3.05) is 0 Å². The van der Waals surface area contributed by atoms with Crippen molar-refractivity contribution < 1.29 is 4.39 Å². The number of aromatic amines is 1. The Labute approximate surface area is 123 Å². The fourth-order valence-electron chi connectivity index (χ4n) is 2.01. The van der Waals surface area contributed by atoms with Crippen molar-refractivity contribution in [2.24, 2.45) is 0 Å². The number of rotatable bonds is 1. The molecule has 0 aliphatic carbocycles. The first-order valence-corrected chi connectivity index (χ1v) is 6.59. The van der Waals surface area contributed by atoms with Crippen molar-refractivity contribution >= 4 is 46.5 Å². The Hall–Kier alpha value is -1.36. The van der Waals surface area contributed by atoms with E-state index < -0.39 is 5.82 Å². The molecule has 0 fully saturated rings. The summed E-state index contributed by atoms with van der Waals surface area (Å²) in [6.45, 7) is 0. The maximum atomic E-state index is 13.1. The zero-order chi connectivity index (χ0) is 13.6. The first-order valence-electron chi connectivity index (χ1n) is 5.42. The Morgan fingerprint density at radius 3 is 2.63 bits per heavy atom. The molecule has 2 aromatic carbocycles. The Morgan fingerprint density at radius 1 is 1.11 bits per heavy atom. The maximum absolute atomic E-state index is 13.1. The molecule has 2 nitrogen and oxygen atoms in total. The zero-order valence-corrected chi connectivity index (χ0v) is 11.8. The molecule has 0 bridgehead atoms. The van der Waals surface area contributed by atoms with Gasteiger partial charge in [0.25, 0.3) is 0 Å². The van der Waals surface area contributed by atoms with Crippen LogP contribution in [0, 0.1) is 10.6 Å². The van der Waals surface area contributed by atoms with Gasteiger partial charge in [-0.2, -0.15) is 0 Å². The van der Waals surface area contributed by atoms with Crippen LogP contribution in [-0.4, -0.2) is 9.55 Å². The third kappa shape index (κ3) is 2.06. The minimum atomic E-state index is -0.397. The van der Waals surface area contributed by atoms with Gasteiger partial charge in [0.2, 0.25) is 0 Å². The number of nitrogens with one attached hydrogen (secondary N) is 1. The molecule has 0 aliphatic heterocycles. The van der Waals surface area contributed by atoms with Crippen molar-refractivity contribution in [3.05, 3.63) is 57.0 Å². The normalized spacial score (nSPS) is 11.1. The summed E-state index contributed by atoms with van der Waals surface area (Å²) in [6.07, 6.45) is 0. The highest BCUT2D eigenvalue weighted by Crippen LogP contribution is 2.30. The van der Waals surface area contributed by atoms with Crippen molar-refractivity contribution in [1.29, 1.82) is 0 Å². The molecule has 1 N–H and O–H groups in total. The lowest BCUT2D eigenvalue weighted by Gasteiger charge is -2.08. The molecule has 0 saturated heterocycles. The van der Waals surface area contributed by atoms with E-state index in [4.69, 9.17) is 35.4 Å². The Morgan fingerprint density at radius 2 is 1.89 bits per heavy atom. The SMILES string of the molecule is Fc1ccc(-n2c(=S)[nH]c3cccc(Cl)c32)c(Cl)c1. The fraction of sp³-hybridized carbons (Fsp3) is 0. The summed E-state index contributed by atoms with van der Waals surface area (Å²) in [5, 5.41) is 0.821. The lowest BCUT2D eigenvalue weighted by Crippen LogP contribution is -1.96. The van der Waals surface area contributed by atoms with Crippen LogP contribution in [0.3, 0.4) is 0 Å². The number of nitrogens with zero attached hydrogens (tertiary/aromatic N) is 1. The van der Waals surface area contributed by atoms with Crippen molar-refractivity contribution in [3.63, 3.8) is 0 Å². The summed E-state index contributed by atoms with van der Waals surface area (Å²) in [6, 6.07) is 9.61. The number of fused-ring (bicyclic) bond motifs is 1. The zero-order valence-electron chi connectivity index (χ0n) is 9.45. The van der Waals surface area contributed by atoms with Crippen LogP contribution in [0.15, 0.2) is 36.4 Å². The van der Waals surface area contributed by atoms with Gasteiger partial charge in [0.15, 0.2) is 4.77 Å². The second-order valence-corrected chi connectivity index (χ2v) is 5.20. The molecule has 19 heavy (non-hydrogen) atoms. The quantitative estimate of drug-likeness (QED) is 0.617. The number of aromatic nitrogens is 2. The summed E-state index contributed by atoms with van der Waals surface area (Å²) in [7, 11) is 0. The van der Waals surface area contributed by atoms with Crippen molar-refractivity contribution in [2.45, 2.75) is 0 Å². The van der Waals surface area contributed by atoms with Gasteiger partial charge in [0, 0.05) is 0 Å². The van der Waals surface area contributed by atoms with E-state index in [0.29, 0.717) is 15.5 Å². The summed E-state index contributed by atoms with van der Waals surface area (Å²) in [5.41, 5.74) is 2.12. The molecule has 0 saturated carbocycles. The van der Waals surface area contributed by atoms with Gasteiger partial charge in [-0.25, -0.2) is 4.39 Å². The topological polar surface area (TPSA) is 20.7 Å². The minimum Gasteiger partial charge on any atom is -0.330 e. The second-order valence-electron chi connectivity index (χ2n) is 4.00. The Kier molecular flexibility index (Phi) is 3.09. The second kappa shape index (κ2) is 4.63. The van der Waals surface area contributed by atoms with Crippen LogP contribution in [0.4, 0.5) is 4.39 Å². The molecule has 1 heterocycles. The van der Waals surface area contributed by atoms with Crippen LogP contribution in [0.25, 0.3) is 16.7 Å². The predicted molar refractivity (Wildman–Crippen MR) is 78.4 cm³/mol. The maximum Gasteiger partial charge on any atom is 0.182 e. The fourth-order valence-corrected chi connectivity index (χ4v) is 2.82. The van der Waals surface area contributed by atoms with E-state index in [1.165, 1.54) is 12.1 Å². The predicted octanol–water partition coefficient (Wildman–Crippen LogP) is 5.13. The summed E-state index contributed by atoms with van der Waals surface area (Å²) in [4.78, 5) is 3.05. The van der Waals surface area contributed by atoms with E-state index in [1.54, 1.807) is 16.7 Å². The van der Waals surface area contributed by atoms with E-state index in [1.807, 2.05) is 12.1 Å². The van der Waals surface area contributed by atoms with Crippen LogP contribution in [-0.2, 0) is 0 Å². The van der Waals surface area contributed by atoms with E-state index >= 15 is 0 Å². The van der Waals surface area contributed by atoms with Crippen molar-refractivity contribution in [3.8, 4) is 5.69 Å². The average molecular weight is 313 g/mol. The van der Waals surface area contributed by atoms with Gasteiger partial charge in [0.05, 0.1) is 26.8 Å². The molecule has 0 aliphatic rings. The van der Waals surface area contributed by atoms with Crippen LogP contribution in [0.2, 0.25) is 10.0 Å². The molecule has 6 heteroatoms. The molecule has 0 spiro atoms. The number of H-pyrrole nitrogens is 1. The van der Waals surface area contributed by atoms with Gasteiger partial charge in [0.1, 0.15) is 5.82 Å². The number of halogens is 3. The highest BCUT2D eigenvalue weighted by atomic mass is 35.5. The molecular formula is C13H7Cl2FN2S. The molecule has 0 atom stereocenters. The Bertz CT molecular complexity index is 838. The molecule has 0 amide bonds. The molecule has 0 unspecified atom stereocenters. The smallest absolute Gasteiger partial charge is 0.182 e. The number of para-hydroxylation sites is 1. The van der Waals surface area contributed by atoms with Crippen molar-refractivity contribution in [1.82, 2.24) is 9.55 Å². The van der Waals surface area contributed by atoms with Gasteiger partial charge < -0.3 is 4.98 Å². The highest BCUT2D eigenvalue weighted by Gasteiger charge is 2.12. The molecule has 3 aromatic rings. The first-order chi connectivity index (χ1) is 9.08. The molecule has 0 radical (unpaired) electrons. The summed E-state index contributed by atoms with van der Waals surface area (Å²) in [5.74, 6) is -0.397. The number of imidazole rings is 1. The van der Waals surface area contributed by atoms with E-state index in [2.05, 4.69) is 4.98 Å². The van der Waals surface area contributed by atoms with Crippen LogP contribution in [0.5, 0.6) is 0 Å². The highest BCUT2D eigenvalue weighted by molar-refractivity contribution is 7.71. The monoisotopic (exact) mass is 312 g/mol. The molecule has 3 rings (SSSR count). The molecule has 1 aromatic heterocycles. The van der Waals surface area contributed by atoms with Crippen LogP contribution >= 0.6 is 35.4 Å². The average Bonchev–Trinajstić information content (AvgIpc) is 2.67. The summed E-state index contributed by atoms with van der Waals surface area (Å²) < 4.78 is 15.3. The third-order valence-electron chi connectivity index (χ3n) is 2.81. The lowest BCUT2D eigenvalue weighted by atomic mass is 10.2. The molecular weight excluding hydrogens is 306 g/mol. The van der Waals surface area contributed by atoms with Crippen LogP contribution < -0.4 is 0 Å². The van der Waals surface area contributed by atoms with Gasteiger partial charge in [-0.05, 0) is 42.5 Å². The minimum absolute atomic E-state index is 0.275. The lowest BCUT2D eigenvalue weighted by molar-refractivity contribution is 0.627. The largest absolute Gasteiger partial charge is 0.330 e. The van der Waals surface area contributed by atoms with E-state index in [0.717, 1.165) is 11.0 Å². The standard InChI is InChI=1S/C13H7Cl2FN2S/c14-8-2-1-3-10-12(8)18(13(19)17-10)11-5-4-7(16)6-9(11)15/h1-6H,(H,17,19). The third-order valence-corrected chi connectivity index (χ3v) is 3.70. The first kappa shape index (κ1) is 12.7. The molecule has 96 valence electrons. The van der Waals surface area contributed by atoms with E-state index in [-0.39, 0.29) is 5.02 Å². The van der Waals surface area contributed by atoms with Crippen LogP contribution in [0.1, 0.15) is 0 Å². The number of benzene rings is 2. The number of hydrogen-bond donors (Lipinski definition) is 1.